The highest BCUT2D eigenvalue weighted by Gasteiger charge is 2.60. The highest BCUT2D eigenvalue weighted by molar-refractivity contribution is 6.18. The first-order valence-electron chi connectivity index (χ1n) is 4.70. The molecule has 3 unspecified atom stereocenters. The predicted molar refractivity (Wildman–Crippen MR) is 50.0 cm³/mol. The van der Waals surface area contributed by atoms with E-state index in [9.17, 15) is 5.11 Å². The van der Waals surface area contributed by atoms with Crippen molar-refractivity contribution in [1.82, 2.24) is 0 Å². The third-order valence-electron chi connectivity index (χ3n) is 2.69. The van der Waals surface area contributed by atoms with Crippen LogP contribution < -0.4 is 0 Å². The number of halogens is 1. The zero-order valence-corrected chi connectivity index (χ0v) is 9.08. The molecule has 0 aromatic carbocycles. The van der Waals surface area contributed by atoms with E-state index in [0.717, 1.165) is 0 Å². The van der Waals surface area contributed by atoms with Crippen molar-refractivity contribution >= 4 is 11.6 Å². The summed E-state index contributed by atoms with van der Waals surface area (Å²) in [5.74, 6) is -0.929. The van der Waals surface area contributed by atoms with Crippen LogP contribution >= 0.6 is 11.6 Å². The smallest absolute Gasteiger partial charge is 0.311 e. The molecule has 0 radical (unpaired) electrons. The summed E-state index contributed by atoms with van der Waals surface area (Å²) in [6.45, 7) is 4.61. The molecule has 2 heterocycles. The minimum Gasteiger partial charge on any atom is -0.384 e. The van der Waals surface area contributed by atoms with Gasteiger partial charge in [-0.25, -0.2) is 0 Å². The Morgan fingerprint density at radius 1 is 1.43 bits per heavy atom. The molecule has 0 bridgehead atoms. The van der Waals surface area contributed by atoms with E-state index in [1.807, 2.05) is 13.8 Å². The zero-order chi connectivity index (χ0) is 10.4. The fourth-order valence-corrected chi connectivity index (χ4v) is 1.88. The van der Waals surface area contributed by atoms with Crippen LogP contribution in [0.25, 0.3) is 0 Å². The van der Waals surface area contributed by atoms with Crippen molar-refractivity contribution in [2.45, 2.75) is 32.0 Å². The zero-order valence-electron chi connectivity index (χ0n) is 8.33. The van der Waals surface area contributed by atoms with Gasteiger partial charge in [0.05, 0.1) is 19.1 Å². The van der Waals surface area contributed by atoms with Gasteiger partial charge in [-0.05, 0) is 0 Å². The van der Waals surface area contributed by atoms with E-state index < -0.39 is 12.1 Å². The summed E-state index contributed by atoms with van der Waals surface area (Å²) in [5.41, 5.74) is -0.346. The van der Waals surface area contributed by atoms with Crippen molar-refractivity contribution in [2.75, 3.05) is 19.1 Å². The Balaban J connectivity index is 2.12. The number of alkyl halides is 1. The van der Waals surface area contributed by atoms with Gasteiger partial charge in [0.25, 0.3) is 0 Å². The lowest BCUT2D eigenvalue weighted by molar-refractivity contribution is -0.345. The SMILES string of the molecule is CC1(C)COC2(OCC(CCl)O2)C1O. The van der Waals surface area contributed by atoms with Crippen LogP contribution in [0.15, 0.2) is 0 Å². The third-order valence-corrected chi connectivity index (χ3v) is 3.04. The van der Waals surface area contributed by atoms with Crippen molar-refractivity contribution < 1.29 is 19.3 Å². The molecule has 14 heavy (non-hydrogen) atoms. The summed E-state index contributed by atoms with van der Waals surface area (Å²) in [7, 11) is 0. The van der Waals surface area contributed by atoms with E-state index >= 15 is 0 Å². The Bertz CT molecular complexity index is 233. The second-order valence-electron chi connectivity index (χ2n) is 4.49. The van der Waals surface area contributed by atoms with Gasteiger partial charge in [0.15, 0.2) is 0 Å². The van der Waals surface area contributed by atoms with Crippen molar-refractivity contribution in [3.8, 4) is 0 Å². The van der Waals surface area contributed by atoms with Crippen LogP contribution in [-0.2, 0) is 14.2 Å². The highest BCUT2D eigenvalue weighted by atomic mass is 35.5. The summed E-state index contributed by atoms with van der Waals surface area (Å²) < 4.78 is 16.3. The number of rotatable bonds is 1. The van der Waals surface area contributed by atoms with Gasteiger partial charge in [0.2, 0.25) is 0 Å². The van der Waals surface area contributed by atoms with E-state index in [2.05, 4.69) is 0 Å². The Kier molecular flexibility index (Phi) is 2.52. The fourth-order valence-electron chi connectivity index (χ4n) is 1.73. The summed E-state index contributed by atoms with van der Waals surface area (Å²) in [6, 6.07) is 0. The van der Waals surface area contributed by atoms with Crippen LogP contribution in [0.1, 0.15) is 13.8 Å². The van der Waals surface area contributed by atoms with Crippen LogP contribution in [0.3, 0.4) is 0 Å². The molecule has 2 fully saturated rings. The van der Waals surface area contributed by atoms with Crippen LogP contribution in [0.2, 0.25) is 0 Å². The first-order valence-corrected chi connectivity index (χ1v) is 5.23. The molecule has 2 aliphatic rings. The van der Waals surface area contributed by atoms with E-state index in [1.165, 1.54) is 0 Å². The monoisotopic (exact) mass is 222 g/mol. The third kappa shape index (κ3) is 1.46. The van der Waals surface area contributed by atoms with Crippen molar-refractivity contribution in [1.29, 1.82) is 0 Å². The molecule has 2 aliphatic heterocycles. The largest absolute Gasteiger partial charge is 0.384 e. The van der Waals surface area contributed by atoms with Gasteiger partial charge < -0.3 is 19.3 Å². The Labute approximate surface area is 88.1 Å². The summed E-state index contributed by atoms with van der Waals surface area (Å²) in [6.07, 6.45) is -0.969. The fraction of sp³-hybridized carbons (Fsp3) is 1.00. The molecule has 82 valence electrons. The van der Waals surface area contributed by atoms with E-state index in [0.29, 0.717) is 19.1 Å². The highest BCUT2D eigenvalue weighted by Crippen LogP contribution is 2.44. The minimum atomic E-state index is -1.27. The number of aliphatic hydroxyl groups is 1. The van der Waals surface area contributed by atoms with Gasteiger partial charge in [-0.1, -0.05) is 13.8 Å². The standard InChI is InChI=1S/C9H15ClO4/c1-8(2)5-13-9(7(8)11)12-4-6(3-10)14-9/h6-7,11H,3-5H2,1-2H3. The molecular weight excluding hydrogens is 208 g/mol. The molecule has 0 aromatic heterocycles. The molecule has 0 amide bonds. The van der Waals surface area contributed by atoms with E-state index in [4.69, 9.17) is 25.8 Å². The van der Waals surface area contributed by atoms with Gasteiger partial charge in [0.1, 0.15) is 12.2 Å². The maximum atomic E-state index is 10.0. The van der Waals surface area contributed by atoms with Crippen molar-refractivity contribution in [3.05, 3.63) is 0 Å². The average Bonchev–Trinajstić information content (AvgIpc) is 2.66. The lowest BCUT2D eigenvalue weighted by Gasteiger charge is -2.28. The molecular formula is C9H15ClO4. The van der Waals surface area contributed by atoms with Crippen LogP contribution in [-0.4, -0.2) is 42.4 Å². The van der Waals surface area contributed by atoms with E-state index in [-0.39, 0.29) is 11.5 Å². The van der Waals surface area contributed by atoms with Crippen molar-refractivity contribution in [2.24, 2.45) is 5.41 Å². The summed E-state index contributed by atoms with van der Waals surface area (Å²) >= 11 is 5.65. The minimum absolute atomic E-state index is 0.194. The second kappa shape index (κ2) is 3.32. The molecule has 2 saturated heterocycles. The molecule has 0 aromatic rings. The Morgan fingerprint density at radius 2 is 2.14 bits per heavy atom. The maximum absolute atomic E-state index is 10.0. The number of ether oxygens (including phenoxy) is 3. The van der Waals surface area contributed by atoms with Gasteiger partial charge in [-0.15, -0.1) is 11.6 Å². The molecule has 4 nitrogen and oxygen atoms in total. The topological polar surface area (TPSA) is 47.9 Å². The number of aliphatic hydroxyl groups excluding tert-OH is 1. The Morgan fingerprint density at radius 3 is 2.57 bits per heavy atom. The Hall–Kier alpha value is 0.130. The molecule has 1 spiro atoms. The van der Waals surface area contributed by atoms with Gasteiger partial charge in [0, 0.05) is 5.41 Å². The first-order chi connectivity index (χ1) is 6.50. The van der Waals surface area contributed by atoms with Crippen molar-refractivity contribution in [3.63, 3.8) is 0 Å². The maximum Gasteiger partial charge on any atom is 0.311 e. The molecule has 0 aliphatic carbocycles. The molecule has 3 atom stereocenters. The lowest BCUT2D eigenvalue weighted by Crippen LogP contribution is -2.45. The number of hydrogen-bond acceptors (Lipinski definition) is 4. The molecule has 0 saturated carbocycles. The van der Waals surface area contributed by atoms with Gasteiger partial charge in [-0.3, -0.25) is 0 Å². The lowest BCUT2D eigenvalue weighted by atomic mass is 9.89. The molecule has 1 N–H and O–H groups in total. The van der Waals surface area contributed by atoms with Gasteiger partial charge in [-0.2, -0.15) is 0 Å². The van der Waals surface area contributed by atoms with Crippen LogP contribution in [0.5, 0.6) is 0 Å². The normalized spacial score (nSPS) is 46.3. The van der Waals surface area contributed by atoms with Crippen LogP contribution in [0.4, 0.5) is 0 Å². The quantitative estimate of drug-likeness (QED) is 0.664. The first kappa shape index (κ1) is 10.6. The second-order valence-corrected chi connectivity index (χ2v) is 4.80. The number of hydrogen-bond donors (Lipinski definition) is 1. The predicted octanol–water partition coefficient (Wildman–Crippen LogP) is 0.712. The van der Waals surface area contributed by atoms with Crippen LogP contribution in [0, 0.1) is 5.41 Å². The van der Waals surface area contributed by atoms with E-state index in [1.54, 1.807) is 0 Å². The molecule has 5 heteroatoms. The summed E-state index contributed by atoms with van der Waals surface area (Å²) in [5, 5.41) is 10.0. The van der Waals surface area contributed by atoms with Gasteiger partial charge >= 0.3 is 5.97 Å². The average molecular weight is 223 g/mol. The molecule has 2 rings (SSSR count). The summed E-state index contributed by atoms with van der Waals surface area (Å²) in [4.78, 5) is 0.